The molecule has 2 aromatic heterocycles. The van der Waals surface area contributed by atoms with Gasteiger partial charge in [0.2, 0.25) is 0 Å². The second-order valence-corrected chi connectivity index (χ2v) is 18.1. The van der Waals surface area contributed by atoms with E-state index in [1.54, 1.807) is 18.2 Å². The summed E-state index contributed by atoms with van der Waals surface area (Å²) in [5.74, 6) is -0.198. The van der Waals surface area contributed by atoms with E-state index in [0.717, 1.165) is 66.9 Å². The van der Waals surface area contributed by atoms with Crippen molar-refractivity contribution < 1.29 is 10.6 Å². The number of rotatable bonds is 9. The number of phenolic OH excluding ortho intramolecular Hbond substituents is 1. The molecule has 0 aliphatic heterocycles. The number of nitrogens with zero attached hydrogens (tertiary/aromatic N) is 3. The average molecular weight is 826 g/mol. The molecule has 0 spiro atoms. The van der Waals surface area contributed by atoms with Crippen molar-refractivity contribution in [3.8, 4) is 78.6 Å². The molecule has 0 unspecified atom stereocenters. The van der Waals surface area contributed by atoms with Gasteiger partial charge in [-0.3, -0.25) is 9.55 Å². The Morgan fingerprint density at radius 3 is 1.94 bits per heavy atom. The van der Waals surface area contributed by atoms with Crippen molar-refractivity contribution in [1.82, 2.24) is 14.5 Å². The molecule has 0 bridgehead atoms. The molecule has 312 valence electrons. The van der Waals surface area contributed by atoms with Gasteiger partial charge in [-0.2, -0.15) is 0 Å². The van der Waals surface area contributed by atoms with E-state index < -0.39 is 12.7 Å². The Labute approximate surface area is 378 Å². The maximum absolute atomic E-state index is 11.4. The number of benzene rings is 7. The number of hydrogen-bond donors (Lipinski definition) is 1. The Morgan fingerprint density at radius 1 is 0.571 bits per heavy atom. The molecule has 9 aromatic rings. The monoisotopic (exact) mass is 825 g/mol. The molecule has 0 saturated heterocycles. The highest BCUT2D eigenvalue weighted by Gasteiger charge is 2.23. The number of pyridine rings is 1. The maximum atomic E-state index is 11.4. The van der Waals surface area contributed by atoms with Gasteiger partial charge < -0.3 is 5.11 Å². The standard InChI is InChI=1S/C59H55N3O/c1-37(2)45-30-46(38(3)4)32-47(31-45)43-25-26-54(39(5)29-43)62-55-19-14-18-51(57(55)61-58(62)52-17-12-13-20-56(52)63)48-33-49(35-50(34-48)59(6,7)8)53-36-44(27-28-60-53)42-23-21-41(22-24-42)40-15-10-9-11-16-40/h9-38,63H,1-8H3/i5D3,37D. The zero-order valence-electron chi connectivity index (χ0n) is 41.0. The van der Waals surface area contributed by atoms with E-state index in [9.17, 15) is 5.11 Å². The fraction of sp³-hybridized carbons (Fsp3) is 0.186. The molecule has 9 rings (SSSR count). The summed E-state index contributed by atoms with van der Waals surface area (Å²) < 4.78 is 37.6. The van der Waals surface area contributed by atoms with Crippen LogP contribution in [0.3, 0.4) is 0 Å². The predicted molar refractivity (Wildman–Crippen MR) is 265 cm³/mol. The van der Waals surface area contributed by atoms with Crippen LogP contribution in [0.5, 0.6) is 5.75 Å². The van der Waals surface area contributed by atoms with Gasteiger partial charge in [-0.05, 0) is 140 Å². The SMILES string of the molecule is [2H]C([2H])([2H])c1cc(-c2cc(C(C)C)cc(C([2H])(C)C)c2)ccc1-n1c(-c2ccccc2O)nc2c(-c3cc(-c4cc(-c5ccc(-c6ccccc6)cc5)ccn4)cc(C(C)(C)C)c3)cccc21. The van der Waals surface area contributed by atoms with Crippen molar-refractivity contribution in [2.75, 3.05) is 0 Å². The molecule has 0 atom stereocenters. The van der Waals surface area contributed by atoms with Crippen molar-refractivity contribution in [3.05, 3.63) is 192 Å². The minimum Gasteiger partial charge on any atom is -0.507 e. The molecule has 2 heterocycles. The Kier molecular flexibility index (Phi) is 9.69. The first-order valence-electron chi connectivity index (χ1n) is 23.7. The summed E-state index contributed by atoms with van der Waals surface area (Å²) in [6.07, 6.45) is 1.87. The van der Waals surface area contributed by atoms with Crippen LogP contribution in [-0.2, 0) is 5.41 Å². The number of imidazole rings is 1. The smallest absolute Gasteiger partial charge is 0.149 e. The molecule has 7 aromatic carbocycles. The first kappa shape index (κ1) is 36.6. The average Bonchev–Trinajstić information content (AvgIpc) is 3.70. The highest BCUT2D eigenvalue weighted by Crippen LogP contribution is 2.41. The van der Waals surface area contributed by atoms with Gasteiger partial charge in [0.15, 0.2) is 0 Å². The van der Waals surface area contributed by atoms with Gasteiger partial charge in [-0.1, -0.05) is 158 Å². The van der Waals surface area contributed by atoms with E-state index in [2.05, 4.69) is 126 Å². The number of aromatic hydroxyl groups is 1. The zero-order valence-corrected chi connectivity index (χ0v) is 37.0. The van der Waals surface area contributed by atoms with E-state index in [1.807, 2.05) is 79.2 Å². The number of para-hydroxylation sites is 2. The zero-order chi connectivity index (χ0) is 47.4. The molecule has 0 aliphatic carbocycles. The fourth-order valence-electron chi connectivity index (χ4n) is 8.39. The Morgan fingerprint density at radius 2 is 1.22 bits per heavy atom. The van der Waals surface area contributed by atoms with Gasteiger partial charge in [-0.15, -0.1) is 0 Å². The third-order valence-corrected chi connectivity index (χ3v) is 12.1. The van der Waals surface area contributed by atoms with Crippen LogP contribution < -0.4 is 0 Å². The van der Waals surface area contributed by atoms with Gasteiger partial charge in [0.1, 0.15) is 11.6 Å². The molecule has 0 aliphatic rings. The second kappa shape index (κ2) is 16.7. The summed E-state index contributed by atoms with van der Waals surface area (Å²) in [4.78, 5) is 10.2. The van der Waals surface area contributed by atoms with Crippen LogP contribution in [-0.4, -0.2) is 19.6 Å². The van der Waals surface area contributed by atoms with Gasteiger partial charge in [0, 0.05) is 22.8 Å². The van der Waals surface area contributed by atoms with Crippen LogP contribution in [0.4, 0.5) is 0 Å². The van der Waals surface area contributed by atoms with E-state index in [1.165, 1.54) is 5.56 Å². The lowest BCUT2D eigenvalue weighted by Crippen LogP contribution is -2.11. The maximum Gasteiger partial charge on any atom is 0.149 e. The number of phenols is 1. The lowest BCUT2D eigenvalue weighted by molar-refractivity contribution is 0.477. The molecular formula is C59H55N3O. The highest BCUT2D eigenvalue weighted by atomic mass is 16.3. The van der Waals surface area contributed by atoms with E-state index in [-0.39, 0.29) is 22.6 Å². The quantitative estimate of drug-likeness (QED) is 0.158. The van der Waals surface area contributed by atoms with Gasteiger partial charge >= 0.3 is 0 Å². The summed E-state index contributed by atoms with van der Waals surface area (Å²) in [5.41, 5.74) is 14.9. The van der Waals surface area contributed by atoms with Crippen LogP contribution in [0.15, 0.2) is 170 Å². The Bertz CT molecular complexity index is 3280. The molecule has 63 heavy (non-hydrogen) atoms. The number of fused-ring (bicyclic) bond motifs is 1. The van der Waals surface area contributed by atoms with Crippen LogP contribution in [0.25, 0.3) is 83.9 Å². The normalized spacial score (nSPS) is 13.1. The van der Waals surface area contributed by atoms with Crippen molar-refractivity contribution in [1.29, 1.82) is 0 Å². The molecule has 0 amide bonds. The van der Waals surface area contributed by atoms with E-state index in [4.69, 9.17) is 15.5 Å². The first-order valence-corrected chi connectivity index (χ1v) is 21.7. The van der Waals surface area contributed by atoms with Crippen molar-refractivity contribution >= 4 is 11.0 Å². The van der Waals surface area contributed by atoms with Crippen molar-refractivity contribution in [2.24, 2.45) is 0 Å². The minimum atomic E-state index is -2.52. The molecule has 0 fully saturated rings. The van der Waals surface area contributed by atoms with Crippen molar-refractivity contribution in [2.45, 2.75) is 72.5 Å². The first-order chi connectivity index (χ1) is 31.8. The predicted octanol–water partition coefficient (Wildman–Crippen LogP) is 16.0. The third-order valence-electron chi connectivity index (χ3n) is 12.1. The molecule has 0 radical (unpaired) electrons. The molecule has 1 N–H and O–H groups in total. The number of aromatic nitrogens is 3. The Hall–Kier alpha value is -7.04. The molecule has 4 heteroatoms. The molecule has 4 nitrogen and oxygen atoms in total. The second-order valence-electron chi connectivity index (χ2n) is 18.1. The van der Waals surface area contributed by atoms with Crippen LogP contribution in [0.2, 0.25) is 0 Å². The summed E-state index contributed by atoms with van der Waals surface area (Å²) in [6, 6.07) is 54.5. The Balaban J connectivity index is 1.22. The third kappa shape index (κ3) is 8.22. The van der Waals surface area contributed by atoms with Crippen molar-refractivity contribution in [3.63, 3.8) is 0 Å². The van der Waals surface area contributed by atoms with Gasteiger partial charge in [-0.25, -0.2) is 4.98 Å². The lowest BCUT2D eigenvalue weighted by atomic mass is 9.83. The van der Waals surface area contributed by atoms with Crippen LogP contribution in [0, 0.1) is 6.85 Å². The van der Waals surface area contributed by atoms with Crippen LogP contribution >= 0.6 is 0 Å². The molecule has 0 saturated carbocycles. The lowest BCUT2D eigenvalue weighted by Gasteiger charge is -2.22. The van der Waals surface area contributed by atoms with Gasteiger partial charge in [0.25, 0.3) is 0 Å². The van der Waals surface area contributed by atoms with E-state index >= 15 is 0 Å². The molecular weight excluding hydrogens is 767 g/mol. The van der Waals surface area contributed by atoms with E-state index in [0.29, 0.717) is 28.1 Å². The van der Waals surface area contributed by atoms with Gasteiger partial charge in [0.05, 0.1) is 28.0 Å². The summed E-state index contributed by atoms with van der Waals surface area (Å²) in [5, 5.41) is 11.4. The minimum absolute atomic E-state index is 0.0291. The fourth-order valence-corrected chi connectivity index (χ4v) is 8.39. The highest BCUT2D eigenvalue weighted by molar-refractivity contribution is 5.97. The summed E-state index contributed by atoms with van der Waals surface area (Å²) in [6.45, 7) is 12.1. The summed E-state index contributed by atoms with van der Waals surface area (Å²) in [7, 11) is 0. The largest absolute Gasteiger partial charge is 0.507 e. The topological polar surface area (TPSA) is 50.9 Å². The summed E-state index contributed by atoms with van der Waals surface area (Å²) >= 11 is 0. The number of aryl methyl sites for hydroxylation is 1. The number of hydrogen-bond acceptors (Lipinski definition) is 3. The van der Waals surface area contributed by atoms with Crippen LogP contribution in [0.1, 0.15) is 88.0 Å².